The predicted molar refractivity (Wildman–Crippen MR) is 112 cm³/mol. The average molecular weight is 393 g/mol. The van der Waals surface area contributed by atoms with Gasteiger partial charge in [-0.25, -0.2) is 9.37 Å². The lowest BCUT2D eigenvalue weighted by Gasteiger charge is -2.14. The van der Waals surface area contributed by atoms with Gasteiger partial charge < -0.3 is 5.32 Å². The predicted octanol–water partition coefficient (Wildman–Crippen LogP) is 4.20. The molecule has 0 saturated heterocycles. The number of aromatic nitrogens is 2. The summed E-state index contributed by atoms with van der Waals surface area (Å²) in [5, 5.41) is 2.83. The van der Waals surface area contributed by atoms with E-state index in [9.17, 15) is 14.0 Å². The maximum Gasteiger partial charge on any atom is 0.254 e. The maximum absolute atomic E-state index is 13.3. The van der Waals surface area contributed by atoms with E-state index in [0.29, 0.717) is 29.2 Å². The molecule has 1 heterocycles. The van der Waals surface area contributed by atoms with Crippen molar-refractivity contribution in [1.29, 1.82) is 0 Å². The van der Waals surface area contributed by atoms with Crippen LogP contribution in [0.4, 0.5) is 10.1 Å². The first-order valence-electron chi connectivity index (χ1n) is 9.75. The fourth-order valence-corrected chi connectivity index (χ4v) is 3.12. The number of halogens is 1. The Morgan fingerprint density at radius 3 is 2.55 bits per heavy atom. The third-order valence-corrected chi connectivity index (χ3v) is 4.59. The van der Waals surface area contributed by atoms with E-state index >= 15 is 0 Å². The van der Waals surface area contributed by atoms with Crippen LogP contribution in [-0.2, 0) is 24.2 Å². The molecule has 2 aromatic carbocycles. The zero-order chi connectivity index (χ0) is 20.8. The van der Waals surface area contributed by atoms with Crippen LogP contribution in [0.3, 0.4) is 0 Å². The normalized spacial score (nSPS) is 10.7. The number of amides is 1. The minimum Gasteiger partial charge on any atom is -0.325 e. The summed E-state index contributed by atoms with van der Waals surface area (Å²) in [5.41, 5.74) is 2.73. The second-order valence-corrected chi connectivity index (χ2v) is 6.85. The highest BCUT2D eigenvalue weighted by molar-refractivity contribution is 5.90. The molecule has 1 aromatic heterocycles. The lowest BCUT2D eigenvalue weighted by atomic mass is 10.1. The van der Waals surface area contributed by atoms with E-state index in [2.05, 4.69) is 10.3 Å². The van der Waals surface area contributed by atoms with Gasteiger partial charge in [-0.2, -0.15) is 0 Å². The van der Waals surface area contributed by atoms with Gasteiger partial charge in [-0.3, -0.25) is 14.2 Å². The molecule has 6 heteroatoms. The van der Waals surface area contributed by atoms with Crippen molar-refractivity contribution >= 4 is 11.6 Å². The van der Waals surface area contributed by atoms with Crippen molar-refractivity contribution in [1.82, 2.24) is 9.55 Å². The van der Waals surface area contributed by atoms with Crippen molar-refractivity contribution in [2.24, 2.45) is 0 Å². The van der Waals surface area contributed by atoms with E-state index in [1.54, 1.807) is 12.1 Å². The highest BCUT2D eigenvalue weighted by Gasteiger charge is 2.14. The fraction of sp³-hybridized carbons (Fsp3) is 0.261. The molecule has 0 fully saturated rings. The smallest absolute Gasteiger partial charge is 0.254 e. The lowest BCUT2D eigenvalue weighted by Crippen LogP contribution is -2.30. The number of hydrogen-bond donors (Lipinski definition) is 1. The zero-order valence-corrected chi connectivity index (χ0v) is 16.6. The Bertz CT molecular complexity index is 1060. The van der Waals surface area contributed by atoms with E-state index < -0.39 is 0 Å². The summed E-state index contributed by atoms with van der Waals surface area (Å²) in [6.45, 7) is 3.86. The Kier molecular flexibility index (Phi) is 6.54. The number of anilines is 1. The molecule has 0 saturated carbocycles. The first-order valence-corrected chi connectivity index (χ1v) is 9.75. The molecule has 29 heavy (non-hydrogen) atoms. The van der Waals surface area contributed by atoms with Crippen molar-refractivity contribution in [2.45, 2.75) is 39.7 Å². The van der Waals surface area contributed by atoms with Gasteiger partial charge in [0.2, 0.25) is 5.91 Å². The third-order valence-electron chi connectivity index (χ3n) is 4.59. The highest BCUT2D eigenvalue weighted by Crippen LogP contribution is 2.18. The molecule has 0 unspecified atom stereocenters. The quantitative estimate of drug-likeness (QED) is 0.654. The van der Waals surface area contributed by atoms with Crippen LogP contribution in [0.25, 0.3) is 11.4 Å². The minimum absolute atomic E-state index is 0.179. The van der Waals surface area contributed by atoms with E-state index in [-0.39, 0.29) is 23.8 Å². The second kappa shape index (κ2) is 9.28. The molecule has 0 spiro atoms. The molecule has 5 nitrogen and oxygen atoms in total. The fourth-order valence-electron chi connectivity index (χ4n) is 3.12. The van der Waals surface area contributed by atoms with Gasteiger partial charge in [0.1, 0.15) is 18.2 Å². The Morgan fingerprint density at radius 1 is 1.10 bits per heavy atom. The zero-order valence-electron chi connectivity index (χ0n) is 16.6. The number of nitrogens with zero attached hydrogens (tertiary/aromatic N) is 2. The van der Waals surface area contributed by atoms with Gasteiger partial charge in [-0.05, 0) is 54.8 Å². The molecule has 150 valence electrons. The number of benzene rings is 2. The van der Waals surface area contributed by atoms with Crippen molar-refractivity contribution in [2.75, 3.05) is 5.32 Å². The summed E-state index contributed by atoms with van der Waals surface area (Å²) in [6.07, 6.45) is 2.36. The number of nitrogens with one attached hydrogen (secondary N) is 1. The van der Waals surface area contributed by atoms with Crippen LogP contribution < -0.4 is 10.9 Å². The van der Waals surface area contributed by atoms with Gasteiger partial charge >= 0.3 is 0 Å². The summed E-state index contributed by atoms with van der Waals surface area (Å²) in [7, 11) is 0. The van der Waals surface area contributed by atoms with Gasteiger partial charge in [0.25, 0.3) is 5.56 Å². The van der Waals surface area contributed by atoms with Gasteiger partial charge in [0.15, 0.2) is 0 Å². The molecule has 0 aliphatic carbocycles. The standard InChI is InChI=1S/C23H24FN3O2/c1-3-6-19-14-22(29)27(23(26-19)17-9-11-18(24)12-10-17)15-21(28)25-20-8-5-7-16(4-2)13-20/h5,7-14H,3-4,6,15H2,1-2H3,(H,25,28). The second-order valence-electron chi connectivity index (χ2n) is 6.85. The SMILES string of the molecule is CCCc1cc(=O)n(CC(=O)Nc2cccc(CC)c2)c(-c2ccc(F)cc2)n1. The van der Waals surface area contributed by atoms with Gasteiger partial charge in [0.05, 0.1) is 0 Å². The molecule has 0 radical (unpaired) electrons. The van der Waals surface area contributed by atoms with Gasteiger partial charge in [-0.15, -0.1) is 0 Å². The molecule has 3 rings (SSSR count). The lowest BCUT2D eigenvalue weighted by molar-refractivity contribution is -0.116. The molecule has 1 N–H and O–H groups in total. The summed E-state index contributed by atoms with van der Waals surface area (Å²) in [5.74, 6) is -0.340. The van der Waals surface area contributed by atoms with Crippen molar-refractivity contribution in [3.8, 4) is 11.4 Å². The summed E-state index contributed by atoms with van der Waals surface area (Å²) in [4.78, 5) is 29.9. The van der Waals surface area contributed by atoms with Crippen LogP contribution in [0, 0.1) is 5.82 Å². The summed E-state index contributed by atoms with van der Waals surface area (Å²) < 4.78 is 14.7. The minimum atomic E-state index is -0.374. The van der Waals surface area contributed by atoms with E-state index in [1.807, 2.05) is 38.1 Å². The Labute approximate surface area is 169 Å². The summed E-state index contributed by atoms with van der Waals surface area (Å²) >= 11 is 0. The Morgan fingerprint density at radius 2 is 1.86 bits per heavy atom. The average Bonchev–Trinajstić information content (AvgIpc) is 2.71. The monoisotopic (exact) mass is 393 g/mol. The van der Waals surface area contributed by atoms with Crippen LogP contribution in [0.15, 0.2) is 59.4 Å². The van der Waals surface area contributed by atoms with Crippen LogP contribution in [0.1, 0.15) is 31.5 Å². The van der Waals surface area contributed by atoms with Crippen LogP contribution in [-0.4, -0.2) is 15.5 Å². The largest absolute Gasteiger partial charge is 0.325 e. The van der Waals surface area contributed by atoms with Crippen LogP contribution in [0.2, 0.25) is 0 Å². The highest BCUT2D eigenvalue weighted by atomic mass is 19.1. The molecular formula is C23H24FN3O2. The first-order chi connectivity index (χ1) is 14.0. The Hall–Kier alpha value is -3.28. The van der Waals surface area contributed by atoms with E-state index in [1.165, 1.54) is 22.8 Å². The molecule has 3 aromatic rings. The summed E-state index contributed by atoms with van der Waals surface area (Å²) in [6, 6.07) is 14.8. The number of hydrogen-bond acceptors (Lipinski definition) is 3. The van der Waals surface area contributed by atoms with Crippen LogP contribution in [0.5, 0.6) is 0 Å². The molecule has 0 aliphatic heterocycles. The molecular weight excluding hydrogens is 369 g/mol. The molecule has 0 bridgehead atoms. The third kappa shape index (κ3) is 5.16. The molecule has 1 amide bonds. The first kappa shape index (κ1) is 20.5. The van der Waals surface area contributed by atoms with Gasteiger partial charge in [-0.1, -0.05) is 32.4 Å². The van der Waals surface area contributed by atoms with Crippen LogP contribution >= 0.6 is 0 Å². The maximum atomic E-state index is 13.3. The van der Waals surface area contributed by atoms with Crippen molar-refractivity contribution in [3.63, 3.8) is 0 Å². The molecule has 0 aliphatic rings. The number of aryl methyl sites for hydroxylation is 2. The van der Waals surface area contributed by atoms with Crippen molar-refractivity contribution in [3.05, 3.63) is 82.0 Å². The molecule has 0 atom stereocenters. The topological polar surface area (TPSA) is 64.0 Å². The van der Waals surface area contributed by atoms with Crippen molar-refractivity contribution < 1.29 is 9.18 Å². The number of carbonyl (C=O) groups excluding carboxylic acids is 1. The van der Waals surface area contributed by atoms with Gasteiger partial charge in [0, 0.05) is 23.0 Å². The Balaban J connectivity index is 1.93. The van der Waals surface area contributed by atoms with E-state index in [0.717, 1.165) is 18.4 Å². The number of rotatable bonds is 7. The van der Waals surface area contributed by atoms with E-state index in [4.69, 9.17) is 0 Å². The number of carbonyl (C=O) groups is 1.